The van der Waals surface area contributed by atoms with Crippen LogP contribution in [0.4, 0.5) is 5.00 Å². The first-order chi connectivity index (χ1) is 13.5. The minimum absolute atomic E-state index is 0. The van der Waals surface area contributed by atoms with Crippen molar-refractivity contribution in [2.75, 3.05) is 25.5 Å². The number of amides is 1. The SMILES string of the molecule is CCN1CCc2c(sc(NC(=O)c3sc4ccccc4c3Cl)c2C(=O)OC)C1.Cl. The summed E-state index contributed by atoms with van der Waals surface area (Å²) >= 11 is 9.24. The topological polar surface area (TPSA) is 58.6 Å². The van der Waals surface area contributed by atoms with Crippen molar-refractivity contribution in [3.8, 4) is 0 Å². The van der Waals surface area contributed by atoms with Gasteiger partial charge < -0.3 is 10.1 Å². The highest BCUT2D eigenvalue weighted by Crippen LogP contribution is 2.40. The standard InChI is InChI=1S/C20H19ClN2O3S2.ClH/c1-3-23-9-8-11-14(10-23)28-19(15(11)20(25)26-2)22-18(24)17-16(21)12-6-4-5-7-13(12)27-17;/h4-7H,3,8-10H2,1-2H3,(H,22,24);1H. The van der Waals surface area contributed by atoms with Crippen LogP contribution in [-0.4, -0.2) is 37.0 Å². The molecule has 154 valence electrons. The first kappa shape index (κ1) is 22.1. The lowest BCUT2D eigenvalue weighted by Crippen LogP contribution is -2.29. The van der Waals surface area contributed by atoms with Gasteiger partial charge in [-0.15, -0.1) is 35.1 Å². The largest absolute Gasteiger partial charge is 0.465 e. The van der Waals surface area contributed by atoms with Crippen molar-refractivity contribution in [2.24, 2.45) is 0 Å². The van der Waals surface area contributed by atoms with Crippen molar-refractivity contribution >= 4 is 73.6 Å². The Morgan fingerprint density at radius 3 is 2.72 bits per heavy atom. The lowest BCUT2D eigenvalue weighted by molar-refractivity contribution is 0.0600. The van der Waals surface area contributed by atoms with E-state index >= 15 is 0 Å². The third-order valence-electron chi connectivity index (χ3n) is 4.94. The maximum absolute atomic E-state index is 13.0. The van der Waals surface area contributed by atoms with E-state index in [-0.39, 0.29) is 18.3 Å². The van der Waals surface area contributed by atoms with Crippen molar-refractivity contribution < 1.29 is 14.3 Å². The summed E-state index contributed by atoms with van der Waals surface area (Å²) in [5, 5.41) is 4.75. The van der Waals surface area contributed by atoms with Crippen molar-refractivity contribution in [3.05, 3.63) is 50.2 Å². The summed E-state index contributed by atoms with van der Waals surface area (Å²) in [4.78, 5) is 29.3. The molecular formula is C20H20Cl2N2O3S2. The smallest absolute Gasteiger partial charge is 0.341 e. The molecule has 1 aliphatic rings. The lowest BCUT2D eigenvalue weighted by atomic mass is 10.0. The van der Waals surface area contributed by atoms with Gasteiger partial charge in [-0.2, -0.15) is 0 Å². The van der Waals surface area contributed by atoms with Crippen LogP contribution in [0.25, 0.3) is 10.1 Å². The van der Waals surface area contributed by atoms with Crippen LogP contribution in [0.5, 0.6) is 0 Å². The zero-order chi connectivity index (χ0) is 19.8. The molecule has 0 bridgehead atoms. The quantitative estimate of drug-likeness (QED) is 0.514. The molecule has 0 aliphatic carbocycles. The molecule has 3 heterocycles. The van der Waals surface area contributed by atoms with Crippen LogP contribution in [0.15, 0.2) is 24.3 Å². The number of carbonyl (C=O) groups is 2. The molecule has 0 radical (unpaired) electrons. The second-order valence-corrected chi connectivity index (χ2v) is 9.05. The monoisotopic (exact) mass is 470 g/mol. The van der Waals surface area contributed by atoms with E-state index in [1.54, 1.807) is 0 Å². The molecular weight excluding hydrogens is 451 g/mol. The zero-order valence-electron chi connectivity index (χ0n) is 15.9. The molecule has 1 aromatic carbocycles. The number of anilines is 1. The predicted molar refractivity (Wildman–Crippen MR) is 122 cm³/mol. The molecule has 0 atom stereocenters. The number of ether oxygens (including phenoxy) is 1. The first-order valence-corrected chi connectivity index (χ1v) is 11.0. The maximum Gasteiger partial charge on any atom is 0.341 e. The summed E-state index contributed by atoms with van der Waals surface area (Å²) in [6, 6.07) is 7.64. The summed E-state index contributed by atoms with van der Waals surface area (Å²) in [5.41, 5.74) is 1.46. The first-order valence-electron chi connectivity index (χ1n) is 8.97. The van der Waals surface area contributed by atoms with Crippen molar-refractivity contribution in [1.29, 1.82) is 0 Å². The molecule has 9 heteroatoms. The van der Waals surface area contributed by atoms with Crippen molar-refractivity contribution in [1.82, 2.24) is 4.90 Å². The number of fused-ring (bicyclic) bond motifs is 2. The van der Waals surface area contributed by atoms with E-state index in [0.717, 1.165) is 46.6 Å². The van der Waals surface area contributed by atoms with E-state index in [9.17, 15) is 9.59 Å². The summed E-state index contributed by atoms with van der Waals surface area (Å²) in [6.07, 6.45) is 0.767. The third kappa shape index (κ3) is 4.02. The third-order valence-corrected chi connectivity index (χ3v) is 7.75. The molecule has 1 amide bonds. The minimum atomic E-state index is -0.416. The summed E-state index contributed by atoms with van der Waals surface area (Å²) < 4.78 is 5.95. The van der Waals surface area contributed by atoms with E-state index in [1.807, 2.05) is 24.3 Å². The van der Waals surface area contributed by atoms with Gasteiger partial charge in [0.2, 0.25) is 0 Å². The lowest BCUT2D eigenvalue weighted by Gasteiger charge is -2.25. The van der Waals surface area contributed by atoms with E-state index < -0.39 is 5.97 Å². The Morgan fingerprint density at radius 2 is 2.03 bits per heavy atom. The number of rotatable bonds is 4. The van der Waals surface area contributed by atoms with Gasteiger partial charge in [0.25, 0.3) is 5.91 Å². The molecule has 5 nitrogen and oxygen atoms in total. The Morgan fingerprint density at radius 1 is 1.28 bits per heavy atom. The van der Waals surface area contributed by atoms with Crippen LogP contribution in [-0.2, 0) is 17.7 Å². The van der Waals surface area contributed by atoms with Gasteiger partial charge in [-0.05, 0) is 24.6 Å². The number of halogens is 2. The number of nitrogens with zero attached hydrogens (tertiary/aromatic N) is 1. The second kappa shape index (κ2) is 9.02. The molecule has 0 saturated carbocycles. The highest BCUT2D eigenvalue weighted by atomic mass is 35.5. The Kier molecular flexibility index (Phi) is 6.86. The van der Waals surface area contributed by atoms with Gasteiger partial charge in [0.1, 0.15) is 9.88 Å². The second-order valence-electron chi connectivity index (χ2n) is 6.51. The Balaban J connectivity index is 0.00000240. The highest BCUT2D eigenvalue weighted by molar-refractivity contribution is 7.22. The van der Waals surface area contributed by atoms with Crippen molar-refractivity contribution in [3.63, 3.8) is 0 Å². The molecule has 3 aromatic rings. The fourth-order valence-electron chi connectivity index (χ4n) is 3.45. The highest BCUT2D eigenvalue weighted by Gasteiger charge is 2.29. The molecule has 4 rings (SSSR count). The van der Waals surface area contributed by atoms with Crippen molar-refractivity contribution in [2.45, 2.75) is 19.9 Å². The number of esters is 1. The summed E-state index contributed by atoms with van der Waals surface area (Å²) in [5.74, 6) is -0.720. The van der Waals surface area contributed by atoms with Crippen LogP contribution in [0.1, 0.15) is 37.4 Å². The summed E-state index contributed by atoms with van der Waals surface area (Å²) in [7, 11) is 1.36. The average molecular weight is 471 g/mol. The molecule has 0 fully saturated rings. The van der Waals surface area contributed by atoms with Crippen LogP contribution in [0.3, 0.4) is 0 Å². The van der Waals surface area contributed by atoms with Gasteiger partial charge >= 0.3 is 5.97 Å². The number of benzene rings is 1. The minimum Gasteiger partial charge on any atom is -0.465 e. The average Bonchev–Trinajstić information content (AvgIpc) is 3.24. The Bertz CT molecular complexity index is 1080. The molecule has 2 aromatic heterocycles. The fraction of sp³-hybridized carbons (Fsp3) is 0.300. The summed E-state index contributed by atoms with van der Waals surface area (Å²) in [6.45, 7) is 4.73. The van der Waals surface area contributed by atoms with Crippen LogP contribution in [0.2, 0.25) is 5.02 Å². The van der Waals surface area contributed by atoms with Gasteiger partial charge in [0, 0.05) is 28.1 Å². The molecule has 0 unspecified atom stereocenters. The molecule has 1 N–H and O–H groups in total. The van der Waals surface area contributed by atoms with E-state index in [2.05, 4.69) is 17.1 Å². The van der Waals surface area contributed by atoms with E-state index in [4.69, 9.17) is 16.3 Å². The molecule has 1 aliphatic heterocycles. The van der Waals surface area contributed by atoms with Gasteiger partial charge in [0.05, 0.1) is 17.7 Å². The molecule has 0 spiro atoms. The number of methoxy groups -OCH3 is 1. The number of nitrogens with one attached hydrogen (secondary N) is 1. The molecule has 29 heavy (non-hydrogen) atoms. The molecule has 0 saturated heterocycles. The van der Waals surface area contributed by atoms with E-state index in [1.165, 1.54) is 29.8 Å². The van der Waals surface area contributed by atoms with E-state index in [0.29, 0.717) is 20.5 Å². The van der Waals surface area contributed by atoms with Crippen LogP contribution >= 0.6 is 46.7 Å². The van der Waals surface area contributed by atoms with Crippen LogP contribution in [0, 0.1) is 0 Å². The van der Waals surface area contributed by atoms with Gasteiger partial charge in [-0.3, -0.25) is 9.69 Å². The predicted octanol–water partition coefficient (Wildman–Crippen LogP) is 5.45. The fourth-order valence-corrected chi connectivity index (χ4v) is 6.14. The normalized spacial score (nSPS) is 13.6. The van der Waals surface area contributed by atoms with Gasteiger partial charge in [0.15, 0.2) is 0 Å². The Hall–Kier alpha value is -1.64. The van der Waals surface area contributed by atoms with Crippen LogP contribution < -0.4 is 5.32 Å². The number of hydrogen-bond acceptors (Lipinski definition) is 6. The number of thiophene rings is 2. The number of likely N-dealkylation sites (N-methyl/N-ethyl adjacent to an activating group) is 1. The number of carbonyl (C=O) groups excluding carboxylic acids is 2. The maximum atomic E-state index is 13.0. The zero-order valence-corrected chi connectivity index (χ0v) is 19.1. The Labute approximate surface area is 188 Å². The number of hydrogen-bond donors (Lipinski definition) is 1. The van der Waals surface area contributed by atoms with Gasteiger partial charge in [-0.25, -0.2) is 4.79 Å². The van der Waals surface area contributed by atoms with Gasteiger partial charge in [-0.1, -0.05) is 36.7 Å².